The third kappa shape index (κ3) is 3.90. The average Bonchev–Trinajstić information content (AvgIpc) is 2.68. The number of phenols is 1. The first-order chi connectivity index (χ1) is 13.0. The van der Waals surface area contributed by atoms with Crippen molar-refractivity contribution >= 4 is 17.5 Å². The van der Waals surface area contributed by atoms with Crippen LogP contribution in [0.4, 0.5) is 5.69 Å². The number of benzene rings is 3. The number of para-hydroxylation sites is 1. The molecule has 0 fully saturated rings. The average molecular weight is 362 g/mol. The van der Waals surface area contributed by atoms with Gasteiger partial charge >= 0.3 is 0 Å². The summed E-state index contributed by atoms with van der Waals surface area (Å²) < 4.78 is 5.08. The Bertz CT molecular complexity index is 980. The summed E-state index contributed by atoms with van der Waals surface area (Å²) in [7, 11) is 1.56. The van der Waals surface area contributed by atoms with E-state index in [4.69, 9.17) is 10.5 Å². The number of ether oxygens (including phenoxy) is 1. The van der Waals surface area contributed by atoms with Gasteiger partial charge in [-0.15, -0.1) is 0 Å². The minimum atomic E-state index is -0.529. The molecular weight excluding hydrogens is 344 g/mol. The van der Waals surface area contributed by atoms with Gasteiger partial charge in [-0.2, -0.15) is 0 Å². The molecule has 3 rings (SSSR count). The van der Waals surface area contributed by atoms with Gasteiger partial charge in [-0.05, 0) is 48.0 Å². The van der Waals surface area contributed by atoms with Crippen molar-refractivity contribution in [2.75, 3.05) is 12.4 Å². The van der Waals surface area contributed by atoms with Crippen molar-refractivity contribution in [1.29, 1.82) is 0 Å². The van der Waals surface area contributed by atoms with Gasteiger partial charge in [0.1, 0.15) is 11.5 Å². The fraction of sp³-hybridized carbons (Fsp3) is 0.0476. The van der Waals surface area contributed by atoms with E-state index in [0.717, 1.165) is 0 Å². The van der Waals surface area contributed by atoms with Crippen LogP contribution in [0.2, 0.25) is 0 Å². The molecule has 4 N–H and O–H groups in total. The topological polar surface area (TPSA) is 102 Å². The predicted octanol–water partition coefficient (Wildman–Crippen LogP) is 3.42. The summed E-state index contributed by atoms with van der Waals surface area (Å²) in [5, 5.41) is 13.3. The zero-order valence-electron chi connectivity index (χ0n) is 14.6. The first-order valence-electron chi connectivity index (χ1n) is 8.17. The van der Waals surface area contributed by atoms with Crippen LogP contribution in [0.5, 0.6) is 11.5 Å². The van der Waals surface area contributed by atoms with Crippen LogP contribution in [0.25, 0.3) is 11.1 Å². The summed E-state index contributed by atoms with van der Waals surface area (Å²) in [6.07, 6.45) is 0. The van der Waals surface area contributed by atoms with Crippen molar-refractivity contribution in [3.63, 3.8) is 0 Å². The fourth-order valence-corrected chi connectivity index (χ4v) is 2.65. The highest BCUT2D eigenvalue weighted by Gasteiger charge is 2.16. The van der Waals surface area contributed by atoms with Crippen LogP contribution < -0.4 is 15.8 Å². The Labute approximate surface area is 156 Å². The molecule has 6 heteroatoms. The van der Waals surface area contributed by atoms with Crippen LogP contribution in [0.3, 0.4) is 0 Å². The van der Waals surface area contributed by atoms with Crippen molar-refractivity contribution in [3.8, 4) is 22.6 Å². The maximum atomic E-state index is 12.6. The molecule has 2 amide bonds. The number of anilines is 1. The smallest absolute Gasteiger partial charge is 0.259 e. The number of hydrogen-bond donors (Lipinski definition) is 3. The highest BCUT2D eigenvalue weighted by Crippen LogP contribution is 2.32. The lowest BCUT2D eigenvalue weighted by molar-refractivity contribution is 0.0997. The van der Waals surface area contributed by atoms with E-state index >= 15 is 0 Å². The van der Waals surface area contributed by atoms with Crippen molar-refractivity contribution in [2.24, 2.45) is 5.73 Å². The number of aromatic hydroxyl groups is 1. The third-order valence-electron chi connectivity index (χ3n) is 4.11. The van der Waals surface area contributed by atoms with E-state index < -0.39 is 11.8 Å². The summed E-state index contributed by atoms with van der Waals surface area (Å²) in [5.41, 5.74) is 7.47. The van der Waals surface area contributed by atoms with E-state index in [1.54, 1.807) is 67.8 Å². The number of rotatable bonds is 5. The van der Waals surface area contributed by atoms with Gasteiger partial charge < -0.3 is 20.9 Å². The Morgan fingerprint density at radius 3 is 2.22 bits per heavy atom. The number of primary amides is 1. The van der Waals surface area contributed by atoms with Gasteiger partial charge in [-0.25, -0.2) is 0 Å². The third-order valence-corrected chi connectivity index (χ3v) is 4.11. The number of carbonyl (C=O) groups excluding carboxylic acids is 2. The molecule has 0 aliphatic carbocycles. The molecule has 0 heterocycles. The molecule has 0 saturated heterocycles. The Morgan fingerprint density at radius 2 is 1.63 bits per heavy atom. The lowest BCUT2D eigenvalue weighted by atomic mass is 9.99. The number of methoxy groups -OCH3 is 1. The monoisotopic (exact) mass is 362 g/mol. The molecule has 3 aromatic carbocycles. The van der Waals surface area contributed by atoms with Gasteiger partial charge in [-0.3, -0.25) is 9.59 Å². The van der Waals surface area contributed by atoms with Crippen LogP contribution in [-0.4, -0.2) is 24.0 Å². The number of phenolic OH excluding ortho intramolecular Hbond substituents is 1. The molecule has 0 spiro atoms. The minimum Gasteiger partial charge on any atom is -0.506 e. The van der Waals surface area contributed by atoms with E-state index in [-0.39, 0.29) is 11.3 Å². The minimum absolute atomic E-state index is 0.141. The molecule has 0 aliphatic heterocycles. The van der Waals surface area contributed by atoms with E-state index in [0.29, 0.717) is 28.1 Å². The quantitative estimate of drug-likeness (QED) is 0.647. The number of carbonyl (C=O) groups is 2. The van der Waals surface area contributed by atoms with Crippen LogP contribution in [0, 0.1) is 0 Å². The van der Waals surface area contributed by atoms with Crippen LogP contribution in [0.15, 0.2) is 66.7 Å². The van der Waals surface area contributed by atoms with Gasteiger partial charge in [0, 0.05) is 16.8 Å². The molecule has 0 unspecified atom stereocenters. The molecule has 27 heavy (non-hydrogen) atoms. The number of nitrogens with one attached hydrogen (secondary N) is 1. The maximum Gasteiger partial charge on any atom is 0.259 e. The summed E-state index contributed by atoms with van der Waals surface area (Å²) in [4.78, 5) is 23.7. The number of hydrogen-bond acceptors (Lipinski definition) is 4. The van der Waals surface area contributed by atoms with Gasteiger partial charge in [0.15, 0.2) is 0 Å². The standard InChI is InChI=1S/C21H18N2O4/c1-27-16-11-9-15(10-12-16)23-21(26)18-4-2-3-17(19(18)24)13-5-7-14(8-6-13)20(22)25/h2-12,24H,1H3,(H2,22,25)(H,23,26). The number of amides is 2. The Balaban J connectivity index is 1.87. The zero-order chi connectivity index (χ0) is 19.4. The molecule has 0 saturated carbocycles. The first kappa shape index (κ1) is 18.0. The van der Waals surface area contributed by atoms with Gasteiger partial charge in [-0.1, -0.05) is 24.3 Å². The second kappa shape index (κ2) is 7.61. The molecule has 0 aromatic heterocycles. The maximum absolute atomic E-state index is 12.6. The summed E-state index contributed by atoms with van der Waals surface area (Å²) in [6, 6.07) is 18.3. The van der Waals surface area contributed by atoms with Crippen LogP contribution >= 0.6 is 0 Å². The van der Waals surface area contributed by atoms with Crippen molar-refractivity contribution in [2.45, 2.75) is 0 Å². The Kier molecular flexibility index (Phi) is 5.08. The lowest BCUT2D eigenvalue weighted by Gasteiger charge is -2.11. The molecule has 0 radical (unpaired) electrons. The lowest BCUT2D eigenvalue weighted by Crippen LogP contribution is -2.12. The summed E-state index contributed by atoms with van der Waals surface area (Å²) in [6.45, 7) is 0. The van der Waals surface area contributed by atoms with Crippen molar-refractivity contribution in [1.82, 2.24) is 0 Å². The van der Waals surface area contributed by atoms with Gasteiger partial charge in [0.2, 0.25) is 5.91 Å². The first-order valence-corrected chi connectivity index (χ1v) is 8.17. The van der Waals surface area contributed by atoms with Crippen molar-refractivity contribution < 1.29 is 19.4 Å². The largest absolute Gasteiger partial charge is 0.506 e. The molecule has 0 bridgehead atoms. The van der Waals surface area contributed by atoms with Crippen LogP contribution in [0.1, 0.15) is 20.7 Å². The second-order valence-electron chi connectivity index (χ2n) is 5.83. The van der Waals surface area contributed by atoms with E-state index in [9.17, 15) is 14.7 Å². The molecule has 3 aromatic rings. The Morgan fingerprint density at radius 1 is 0.963 bits per heavy atom. The molecule has 6 nitrogen and oxygen atoms in total. The molecule has 136 valence electrons. The SMILES string of the molecule is COc1ccc(NC(=O)c2cccc(-c3ccc(C(N)=O)cc3)c2O)cc1. The zero-order valence-corrected chi connectivity index (χ0v) is 14.6. The van der Waals surface area contributed by atoms with Gasteiger partial charge in [0.05, 0.1) is 12.7 Å². The van der Waals surface area contributed by atoms with E-state index in [2.05, 4.69) is 5.32 Å². The predicted molar refractivity (Wildman–Crippen MR) is 103 cm³/mol. The molecular formula is C21H18N2O4. The molecule has 0 aliphatic rings. The highest BCUT2D eigenvalue weighted by molar-refractivity contribution is 6.07. The van der Waals surface area contributed by atoms with Gasteiger partial charge in [0.25, 0.3) is 5.91 Å². The van der Waals surface area contributed by atoms with Crippen LogP contribution in [-0.2, 0) is 0 Å². The summed E-state index contributed by atoms with van der Waals surface area (Å²) >= 11 is 0. The highest BCUT2D eigenvalue weighted by atomic mass is 16.5. The fourth-order valence-electron chi connectivity index (χ4n) is 2.65. The van der Waals surface area contributed by atoms with E-state index in [1.165, 1.54) is 6.07 Å². The normalized spacial score (nSPS) is 10.3. The molecule has 0 atom stereocenters. The second-order valence-corrected chi connectivity index (χ2v) is 5.83. The number of nitrogens with two attached hydrogens (primary N) is 1. The van der Waals surface area contributed by atoms with E-state index in [1.807, 2.05) is 0 Å². The van der Waals surface area contributed by atoms with Crippen molar-refractivity contribution in [3.05, 3.63) is 77.9 Å². The summed E-state index contributed by atoms with van der Waals surface area (Å²) in [5.74, 6) is -0.431. The Hall–Kier alpha value is -3.80.